The van der Waals surface area contributed by atoms with Gasteiger partial charge >= 0.3 is 5.97 Å². The molecule has 2 rings (SSSR count). The van der Waals surface area contributed by atoms with E-state index in [4.69, 9.17) is 4.74 Å². The maximum absolute atomic E-state index is 12.3. The van der Waals surface area contributed by atoms with Crippen LogP contribution in [0.15, 0.2) is 6.07 Å². The molecule has 7 heteroatoms. The fourth-order valence-electron chi connectivity index (χ4n) is 2.60. The lowest BCUT2D eigenvalue weighted by atomic mass is 10.3. The zero-order valence-electron chi connectivity index (χ0n) is 14.1. The van der Waals surface area contributed by atoms with Gasteiger partial charge in [-0.25, -0.2) is 4.79 Å². The molecule has 0 atom stereocenters. The summed E-state index contributed by atoms with van der Waals surface area (Å²) in [6.07, 6.45) is 0. The van der Waals surface area contributed by atoms with Gasteiger partial charge < -0.3 is 15.0 Å². The summed E-state index contributed by atoms with van der Waals surface area (Å²) in [5.74, 6) is -0.467. The molecule has 0 aliphatic carbocycles. The highest BCUT2D eigenvalue weighted by molar-refractivity contribution is 7.16. The van der Waals surface area contributed by atoms with Gasteiger partial charge in [-0.3, -0.25) is 9.69 Å². The van der Waals surface area contributed by atoms with Crippen molar-refractivity contribution in [3.63, 3.8) is 0 Å². The molecule has 1 aliphatic rings. The molecule has 0 aromatic carbocycles. The molecular formula is C16H25N3O3S. The maximum atomic E-state index is 12.3. The number of amides is 1. The number of hydrogen-bond donors (Lipinski definition) is 1. The molecule has 1 saturated heterocycles. The zero-order chi connectivity index (χ0) is 16.8. The Bertz CT molecular complexity index is 551. The predicted octanol–water partition coefficient (Wildman–Crippen LogP) is 1.81. The Morgan fingerprint density at radius 2 is 1.87 bits per heavy atom. The summed E-state index contributed by atoms with van der Waals surface area (Å²) in [7, 11) is 0. The van der Waals surface area contributed by atoms with Gasteiger partial charge in [0.15, 0.2) is 0 Å². The third kappa shape index (κ3) is 5.02. The van der Waals surface area contributed by atoms with Crippen molar-refractivity contribution in [2.75, 3.05) is 51.2 Å². The molecule has 1 aromatic rings. The summed E-state index contributed by atoms with van der Waals surface area (Å²) in [5.41, 5.74) is 0.443. The Hall–Kier alpha value is -1.44. The third-order valence-corrected chi connectivity index (χ3v) is 4.85. The molecule has 1 aromatic heterocycles. The van der Waals surface area contributed by atoms with Gasteiger partial charge in [0.25, 0.3) is 0 Å². The highest BCUT2D eigenvalue weighted by Crippen LogP contribution is 2.28. The predicted molar refractivity (Wildman–Crippen MR) is 92.2 cm³/mol. The minimum atomic E-state index is -0.385. The van der Waals surface area contributed by atoms with Crippen LogP contribution >= 0.6 is 11.3 Å². The molecule has 1 amide bonds. The lowest BCUT2D eigenvalue weighted by Gasteiger charge is -2.33. The summed E-state index contributed by atoms with van der Waals surface area (Å²) in [6, 6.07) is 1.76. The number of carbonyl (C=O) groups excluding carboxylic acids is 2. The van der Waals surface area contributed by atoms with Crippen LogP contribution in [-0.2, 0) is 9.53 Å². The van der Waals surface area contributed by atoms with Gasteiger partial charge in [-0.1, -0.05) is 6.92 Å². The number of thiophene rings is 1. The van der Waals surface area contributed by atoms with E-state index in [9.17, 15) is 9.59 Å². The second-order valence-electron chi connectivity index (χ2n) is 5.58. The first-order chi connectivity index (χ1) is 11.0. The molecule has 0 bridgehead atoms. The highest BCUT2D eigenvalue weighted by Gasteiger charge is 2.21. The zero-order valence-corrected chi connectivity index (χ0v) is 14.9. The number of ether oxygens (including phenoxy) is 1. The van der Waals surface area contributed by atoms with E-state index >= 15 is 0 Å². The summed E-state index contributed by atoms with van der Waals surface area (Å²) < 4.78 is 5.04. The van der Waals surface area contributed by atoms with Crippen molar-refractivity contribution in [3.8, 4) is 0 Å². The van der Waals surface area contributed by atoms with Crippen LogP contribution in [-0.4, -0.2) is 67.6 Å². The Kier molecular flexibility index (Phi) is 6.56. The van der Waals surface area contributed by atoms with E-state index in [2.05, 4.69) is 22.0 Å². The van der Waals surface area contributed by atoms with E-state index in [1.807, 2.05) is 6.92 Å². The van der Waals surface area contributed by atoms with Gasteiger partial charge in [0, 0.05) is 31.1 Å². The van der Waals surface area contributed by atoms with Crippen LogP contribution in [0, 0.1) is 6.92 Å². The number of rotatable bonds is 6. The smallest absolute Gasteiger partial charge is 0.341 e. The van der Waals surface area contributed by atoms with Gasteiger partial charge in [0.2, 0.25) is 5.91 Å². The monoisotopic (exact) mass is 339 g/mol. The molecule has 1 fully saturated rings. The number of nitrogens with one attached hydrogen (secondary N) is 1. The Balaban J connectivity index is 1.92. The van der Waals surface area contributed by atoms with Crippen LogP contribution in [0.3, 0.4) is 0 Å². The molecule has 1 N–H and O–H groups in total. The van der Waals surface area contributed by atoms with Crippen LogP contribution in [0.1, 0.15) is 29.1 Å². The topological polar surface area (TPSA) is 61.9 Å². The van der Waals surface area contributed by atoms with Crippen LogP contribution in [0.5, 0.6) is 0 Å². The van der Waals surface area contributed by atoms with Crippen molar-refractivity contribution >= 4 is 28.2 Å². The van der Waals surface area contributed by atoms with Crippen LogP contribution in [0.4, 0.5) is 5.00 Å². The Labute approximate surface area is 141 Å². The largest absolute Gasteiger partial charge is 0.462 e. The lowest BCUT2D eigenvalue weighted by molar-refractivity contribution is -0.117. The second kappa shape index (κ2) is 8.42. The number of anilines is 1. The quantitative estimate of drug-likeness (QED) is 0.801. The number of nitrogens with zero attached hydrogens (tertiary/aromatic N) is 2. The number of esters is 1. The van der Waals surface area contributed by atoms with Crippen molar-refractivity contribution in [3.05, 3.63) is 16.5 Å². The number of hydrogen-bond acceptors (Lipinski definition) is 6. The number of carbonyl (C=O) groups is 2. The molecule has 6 nitrogen and oxygen atoms in total. The highest BCUT2D eigenvalue weighted by atomic mass is 32.1. The maximum Gasteiger partial charge on any atom is 0.341 e. The van der Waals surface area contributed by atoms with E-state index in [1.165, 1.54) is 11.3 Å². The fourth-order valence-corrected chi connectivity index (χ4v) is 3.52. The first-order valence-corrected chi connectivity index (χ1v) is 8.87. The molecule has 0 spiro atoms. The number of piperazine rings is 1. The standard InChI is InChI=1S/C16H25N3O3S/c1-4-18-6-8-19(9-7-18)11-14(20)17-15-13(10-12(3)23-15)16(21)22-5-2/h10H,4-9,11H2,1-3H3,(H,17,20). The number of likely N-dealkylation sites (N-methyl/N-ethyl adjacent to an activating group) is 1. The fraction of sp³-hybridized carbons (Fsp3) is 0.625. The van der Waals surface area contributed by atoms with Crippen LogP contribution < -0.4 is 5.32 Å². The summed E-state index contributed by atoms with van der Waals surface area (Å²) in [5, 5.41) is 3.45. The summed E-state index contributed by atoms with van der Waals surface area (Å²) in [6.45, 7) is 11.4. The van der Waals surface area contributed by atoms with Gasteiger partial charge in [-0.05, 0) is 26.5 Å². The normalized spacial score (nSPS) is 16.3. The van der Waals surface area contributed by atoms with E-state index in [1.54, 1.807) is 13.0 Å². The van der Waals surface area contributed by atoms with E-state index in [0.717, 1.165) is 37.6 Å². The average Bonchev–Trinajstić information content (AvgIpc) is 2.88. The van der Waals surface area contributed by atoms with Crippen molar-refractivity contribution in [1.82, 2.24) is 9.80 Å². The molecule has 2 heterocycles. The molecule has 128 valence electrons. The molecule has 23 heavy (non-hydrogen) atoms. The van der Waals surface area contributed by atoms with Crippen molar-refractivity contribution in [2.24, 2.45) is 0 Å². The van der Waals surface area contributed by atoms with E-state index in [-0.39, 0.29) is 11.9 Å². The SMILES string of the molecule is CCOC(=O)c1cc(C)sc1NC(=O)CN1CCN(CC)CC1. The lowest BCUT2D eigenvalue weighted by Crippen LogP contribution is -2.48. The Morgan fingerprint density at radius 1 is 1.22 bits per heavy atom. The van der Waals surface area contributed by atoms with Crippen molar-refractivity contribution in [1.29, 1.82) is 0 Å². The molecule has 0 radical (unpaired) electrons. The van der Waals surface area contributed by atoms with Gasteiger partial charge in [0.1, 0.15) is 5.00 Å². The first kappa shape index (κ1) is 17.9. The number of aryl methyl sites for hydroxylation is 1. The first-order valence-electron chi connectivity index (χ1n) is 8.05. The van der Waals surface area contributed by atoms with Crippen molar-refractivity contribution < 1.29 is 14.3 Å². The van der Waals surface area contributed by atoms with Gasteiger partial charge in [0.05, 0.1) is 18.7 Å². The minimum Gasteiger partial charge on any atom is -0.462 e. The van der Waals surface area contributed by atoms with Gasteiger partial charge in [-0.2, -0.15) is 0 Å². The summed E-state index contributed by atoms with van der Waals surface area (Å²) >= 11 is 1.40. The van der Waals surface area contributed by atoms with Crippen LogP contribution in [0.2, 0.25) is 0 Å². The van der Waals surface area contributed by atoms with Gasteiger partial charge in [-0.15, -0.1) is 11.3 Å². The third-order valence-electron chi connectivity index (χ3n) is 3.88. The molecular weight excluding hydrogens is 314 g/mol. The molecule has 1 aliphatic heterocycles. The van der Waals surface area contributed by atoms with Crippen LogP contribution in [0.25, 0.3) is 0 Å². The Morgan fingerprint density at radius 3 is 2.48 bits per heavy atom. The average molecular weight is 339 g/mol. The van der Waals surface area contributed by atoms with E-state index < -0.39 is 0 Å². The minimum absolute atomic E-state index is 0.0812. The van der Waals surface area contributed by atoms with Crippen molar-refractivity contribution in [2.45, 2.75) is 20.8 Å². The summed E-state index contributed by atoms with van der Waals surface area (Å²) in [4.78, 5) is 29.7. The molecule has 0 unspecified atom stereocenters. The van der Waals surface area contributed by atoms with E-state index in [0.29, 0.717) is 23.7 Å². The molecule has 0 saturated carbocycles. The second-order valence-corrected chi connectivity index (χ2v) is 6.84.